The van der Waals surface area contributed by atoms with E-state index in [0.717, 1.165) is 12.8 Å². The molecule has 1 aromatic carbocycles. The summed E-state index contributed by atoms with van der Waals surface area (Å²) in [4.78, 5) is 13.9. The van der Waals surface area contributed by atoms with Crippen molar-refractivity contribution in [3.63, 3.8) is 0 Å². The molecule has 2 rings (SSSR count). The first-order valence-corrected chi connectivity index (χ1v) is 6.27. The highest BCUT2D eigenvalue weighted by atomic mass is 16.2. The van der Waals surface area contributed by atoms with Gasteiger partial charge in [-0.15, -0.1) is 6.42 Å². The van der Waals surface area contributed by atoms with Crippen molar-refractivity contribution in [3.05, 3.63) is 29.8 Å². The van der Waals surface area contributed by atoms with E-state index in [4.69, 9.17) is 6.42 Å². The van der Waals surface area contributed by atoms with Crippen molar-refractivity contribution >= 4 is 11.6 Å². The number of nitrogens with zero attached hydrogens (tertiary/aromatic N) is 1. The van der Waals surface area contributed by atoms with Crippen LogP contribution in [0.15, 0.2) is 24.3 Å². The fraction of sp³-hybridized carbons (Fsp3) is 0.400. The lowest BCUT2D eigenvalue weighted by Crippen LogP contribution is -2.44. The molecule has 3 heteroatoms. The van der Waals surface area contributed by atoms with Crippen molar-refractivity contribution in [2.24, 2.45) is 0 Å². The van der Waals surface area contributed by atoms with Gasteiger partial charge in [-0.05, 0) is 31.4 Å². The predicted octanol–water partition coefficient (Wildman–Crippen LogP) is 1.58. The van der Waals surface area contributed by atoms with Gasteiger partial charge in [-0.1, -0.05) is 24.1 Å². The standard InChI is InChI=1S/C15H18N2O/c1-3-10-16-15(18)11-17-12(2)8-9-13-6-4-5-7-14(13)17/h1,4-7,12H,8-11H2,2H3,(H,16,18). The Balaban J connectivity index is 2.12. The van der Waals surface area contributed by atoms with Gasteiger partial charge in [-0.3, -0.25) is 4.79 Å². The number of hydrogen-bond donors (Lipinski definition) is 1. The van der Waals surface area contributed by atoms with E-state index in [1.54, 1.807) is 0 Å². The van der Waals surface area contributed by atoms with E-state index in [-0.39, 0.29) is 5.91 Å². The summed E-state index contributed by atoms with van der Waals surface area (Å²) in [5, 5.41) is 2.71. The van der Waals surface area contributed by atoms with Gasteiger partial charge < -0.3 is 10.2 Å². The molecule has 0 saturated carbocycles. The number of fused-ring (bicyclic) bond motifs is 1. The van der Waals surface area contributed by atoms with Crippen LogP contribution in [-0.4, -0.2) is 25.0 Å². The molecule has 1 aliphatic rings. The summed E-state index contributed by atoms with van der Waals surface area (Å²) in [6.45, 7) is 2.83. The highest BCUT2D eigenvalue weighted by Gasteiger charge is 2.24. The Morgan fingerprint density at radius 2 is 2.33 bits per heavy atom. The number of rotatable bonds is 3. The summed E-state index contributed by atoms with van der Waals surface area (Å²) in [6.07, 6.45) is 7.30. The summed E-state index contributed by atoms with van der Waals surface area (Å²) in [5.41, 5.74) is 2.49. The van der Waals surface area contributed by atoms with E-state index >= 15 is 0 Å². The lowest BCUT2D eigenvalue weighted by atomic mass is 9.97. The molecule has 0 radical (unpaired) electrons. The number of carbonyl (C=O) groups excluding carboxylic acids is 1. The number of hydrogen-bond acceptors (Lipinski definition) is 2. The number of terminal acetylenes is 1. The molecule has 1 heterocycles. The van der Waals surface area contributed by atoms with Crippen LogP contribution in [0.5, 0.6) is 0 Å². The number of para-hydroxylation sites is 1. The van der Waals surface area contributed by atoms with Gasteiger partial charge >= 0.3 is 0 Å². The topological polar surface area (TPSA) is 32.3 Å². The Morgan fingerprint density at radius 3 is 3.11 bits per heavy atom. The van der Waals surface area contributed by atoms with E-state index < -0.39 is 0 Å². The number of aryl methyl sites for hydroxylation is 1. The van der Waals surface area contributed by atoms with Crippen molar-refractivity contribution in [2.45, 2.75) is 25.8 Å². The minimum atomic E-state index is -0.0171. The Labute approximate surface area is 108 Å². The molecule has 1 aromatic rings. The summed E-state index contributed by atoms with van der Waals surface area (Å²) in [7, 11) is 0. The second kappa shape index (κ2) is 5.59. The van der Waals surface area contributed by atoms with Gasteiger partial charge in [0.15, 0.2) is 0 Å². The first-order valence-electron chi connectivity index (χ1n) is 6.27. The Morgan fingerprint density at radius 1 is 1.56 bits per heavy atom. The second-order valence-corrected chi connectivity index (χ2v) is 4.63. The molecule has 1 atom stereocenters. The summed E-state index contributed by atoms with van der Waals surface area (Å²) < 4.78 is 0. The fourth-order valence-corrected chi connectivity index (χ4v) is 2.36. The lowest BCUT2D eigenvalue weighted by molar-refractivity contribution is -0.119. The zero-order valence-electron chi connectivity index (χ0n) is 10.6. The third-order valence-electron chi connectivity index (χ3n) is 3.37. The number of benzene rings is 1. The first-order chi connectivity index (χ1) is 8.72. The first kappa shape index (κ1) is 12.5. The quantitative estimate of drug-likeness (QED) is 0.816. The highest BCUT2D eigenvalue weighted by molar-refractivity contribution is 5.82. The molecule has 0 saturated heterocycles. The molecular formula is C15H18N2O. The van der Waals surface area contributed by atoms with E-state index in [9.17, 15) is 4.79 Å². The molecule has 0 spiro atoms. The fourth-order valence-electron chi connectivity index (χ4n) is 2.36. The summed E-state index contributed by atoms with van der Waals surface area (Å²) in [6, 6.07) is 8.67. The second-order valence-electron chi connectivity index (χ2n) is 4.63. The number of nitrogens with one attached hydrogen (secondary N) is 1. The molecule has 18 heavy (non-hydrogen) atoms. The molecule has 1 unspecified atom stereocenters. The van der Waals surface area contributed by atoms with Crippen LogP contribution in [0.3, 0.4) is 0 Å². The smallest absolute Gasteiger partial charge is 0.240 e. The zero-order chi connectivity index (χ0) is 13.0. The van der Waals surface area contributed by atoms with Gasteiger partial charge in [0.1, 0.15) is 0 Å². The molecule has 0 bridgehead atoms. The Kier molecular flexibility index (Phi) is 3.88. The Bertz CT molecular complexity index is 476. The van der Waals surface area contributed by atoms with Crippen LogP contribution in [0.4, 0.5) is 5.69 Å². The molecule has 1 amide bonds. The average Bonchev–Trinajstić information content (AvgIpc) is 2.40. The number of anilines is 1. The summed E-state index contributed by atoms with van der Waals surface area (Å²) in [5.74, 6) is 2.40. The molecular weight excluding hydrogens is 224 g/mol. The molecule has 3 nitrogen and oxygen atoms in total. The van der Waals surface area contributed by atoms with Gasteiger partial charge in [0.05, 0.1) is 13.1 Å². The minimum Gasteiger partial charge on any atom is -0.359 e. The molecule has 0 fully saturated rings. The van der Waals surface area contributed by atoms with Gasteiger partial charge in [-0.2, -0.15) is 0 Å². The van der Waals surface area contributed by atoms with Crippen molar-refractivity contribution in [3.8, 4) is 12.3 Å². The van der Waals surface area contributed by atoms with Crippen LogP contribution in [0, 0.1) is 12.3 Å². The maximum absolute atomic E-state index is 11.8. The molecule has 1 aliphatic heterocycles. The lowest BCUT2D eigenvalue weighted by Gasteiger charge is -2.36. The van der Waals surface area contributed by atoms with Gasteiger partial charge in [0.25, 0.3) is 0 Å². The monoisotopic (exact) mass is 242 g/mol. The highest BCUT2D eigenvalue weighted by Crippen LogP contribution is 2.29. The van der Waals surface area contributed by atoms with Crippen LogP contribution in [0.2, 0.25) is 0 Å². The van der Waals surface area contributed by atoms with Crippen molar-refractivity contribution in [1.82, 2.24) is 5.32 Å². The molecule has 0 aromatic heterocycles. The largest absolute Gasteiger partial charge is 0.359 e. The summed E-state index contributed by atoms with van der Waals surface area (Å²) >= 11 is 0. The van der Waals surface area contributed by atoms with Crippen molar-refractivity contribution in [2.75, 3.05) is 18.0 Å². The normalized spacial score (nSPS) is 17.8. The van der Waals surface area contributed by atoms with E-state index in [2.05, 4.69) is 35.2 Å². The van der Waals surface area contributed by atoms with Crippen LogP contribution < -0.4 is 10.2 Å². The van der Waals surface area contributed by atoms with Gasteiger partial charge in [0.2, 0.25) is 5.91 Å². The minimum absolute atomic E-state index is 0.0171. The van der Waals surface area contributed by atoms with Crippen LogP contribution in [-0.2, 0) is 11.2 Å². The van der Waals surface area contributed by atoms with E-state index in [0.29, 0.717) is 19.1 Å². The maximum atomic E-state index is 11.8. The number of carbonyl (C=O) groups is 1. The Hall–Kier alpha value is -1.95. The number of amides is 1. The third kappa shape index (κ3) is 2.65. The van der Waals surface area contributed by atoms with Gasteiger partial charge in [0, 0.05) is 11.7 Å². The van der Waals surface area contributed by atoms with Crippen LogP contribution in [0.25, 0.3) is 0 Å². The van der Waals surface area contributed by atoms with Crippen LogP contribution >= 0.6 is 0 Å². The average molecular weight is 242 g/mol. The zero-order valence-corrected chi connectivity index (χ0v) is 10.6. The molecule has 1 N–H and O–H groups in total. The van der Waals surface area contributed by atoms with E-state index in [1.807, 2.05) is 12.1 Å². The van der Waals surface area contributed by atoms with Crippen LogP contribution in [0.1, 0.15) is 18.9 Å². The van der Waals surface area contributed by atoms with E-state index in [1.165, 1.54) is 11.3 Å². The van der Waals surface area contributed by atoms with Crippen molar-refractivity contribution in [1.29, 1.82) is 0 Å². The predicted molar refractivity (Wildman–Crippen MR) is 73.4 cm³/mol. The van der Waals surface area contributed by atoms with Crippen molar-refractivity contribution < 1.29 is 4.79 Å². The van der Waals surface area contributed by atoms with Gasteiger partial charge in [-0.25, -0.2) is 0 Å². The maximum Gasteiger partial charge on any atom is 0.240 e. The molecule has 0 aliphatic carbocycles. The SMILES string of the molecule is C#CCNC(=O)CN1c2ccccc2CCC1C. The third-order valence-corrected chi connectivity index (χ3v) is 3.37. The molecule has 94 valence electrons.